The van der Waals surface area contributed by atoms with Crippen LogP contribution in [0.25, 0.3) is 5.57 Å². The average Bonchev–Trinajstić information content (AvgIpc) is 3.29. The number of rotatable bonds is 6. The number of nitrogens with one attached hydrogen (secondary N) is 1. The predicted octanol–water partition coefficient (Wildman–Crippen LogP) is 4.47. The molecule has 200 valence electrons. The lowest BCUT2D eigenvalue weighted by Crippen LogP contribution is -2.36. The van der Waals surface area contributed by atoms with E-state index in [2.05, 4.69) is 30.1 Å². The van der Waals surface area contributed by atoms with Crippen LogP contribution in [0.15, 0.2) is 63.8 Å². The minimum Gasteiger partial charge on any atom is -0.375 e. The van der Waals surface area contributed by atoms with Crippen molar-refractivity contribution in [1.29, 1.82) is 0 Å². The number of ether oxygens (including phenoxy) is 1. The maximum atomic E-state index is 13.7. The van der Waals surface area contributed by atoms with Gasteiger partial charge in [0.25, 0.3) is 5.91 Å². The summed E-state index contributed by atoms with van der Waals surface area (Å²) in [6.07, 6.45) is 14.6. The van der Waals surface area contributed by atoms with Crippen LogP contribution in [-0.4, -0.2) is 71.8 Å². The molecule has 0 radical (unpaired) electrons. The number of carbonyl (C=O) groups excluding carboxylic acids is 2. The van der Waals surface area contributed by atoms with E-state index < -0.39 is 0 Å². The molecule has 1 amide bonds. The second kappa shape index (κ2) is 11.2. The van der Waals surface area contributed by atoms with Crippen molar-refractivity contribution in [3.05, 3.63) is 81.0 Å². The molecule has 2 aliphatic carbocycles. The van der Waals surface area contributed by atoms with Crippen LogP contribution in [0.3, 0.4) is 0 Å². The third kappa shape index (κ3) is 5.59. The summed E-state index contributed by atoms with van der Waals surface area (Å²) in [5.74, 6) is 1.09. The molecule has 0 spiro atoms. The van der Waals surface area contributed by atoms with Crippen molar-refractivity contribution in [3.8, 4) is 0 Å². The van der Waals surface area contributed by atoms with Gasteiger partial charge in [-0.15, -0.1) is 0 Å². The van der Waals surface area contributed by atoms with Gasteiger partial charge >= 0.3 is 0 Å². The summed E-state index contributed by atoms with van der Waals surface area (Å²) in [6, 6.07) is 0. The highest BCUT2D eigenvalue weighted by Gasteiger charge is 2.26. The smallest absolute Gasteiger partial charge is 0.254 e. The molecule has 0 unspecified atom stereocenters. The van der Waals surface area contributed by atoms with Crippen molar-refractivity contribution in [2.24, 2.45) is 0 Å². The maximum absolute atomic E-state index is 13.7. The molecule has 7 heteroatoms. The van der Waals surface area contributed by atoms with E-state index in [1.165, 1.54) is 16.7 Å². The molecule has 1 aromatic rings. The molecule has 0 bridgehead atoms. The molecule has 1 N–H and O–H groups in total. The number of hydrogen-bond donors (Lipinski definition) is 1. The number of carbonyl (C=O) groups is 2. The van der Waals surface area contributed by atoms with E-state index in [1.807, 2.05) is 43.0 Å². The second-order valence-electron chi connectivity index (χ2n) is 10.9. The molecular formula is C31H38N4O3. The van der Waals surface area contributed by atoms with E-state index in [0.717, 1.165) is 71.6 Å². The van der Waals surface area contributed by atoms with Gasteiger partial charge in [-0.3, -0.25) is 9.59 Å². The number of likely N-dealkylation sites (N-methyl/N-ethyl adjacent to an activating group) is 1. The lowest BCUT2D eigenvalue weighted by molar-refractivity contribution is -0.126. The number of aromatic amines is 1. The predicted molar refractivity (Wildman–Crippen MR) is 149 cm³/mol. The van der Waals surface area contributed by atoms with Crippen molar-refractivity contribution in [2.75, 3.05) is 40.3 Å². The van der Waals surface area contributed by atoms with Crippen molar-refractivity contribution in [1.82, 2.24) is 19.8 Å². The topological polar surface area (TPSA) is 78.5 Å². The van der Waals surface area contributed by atoms with Gasteiger partial charge in [-0.2, -0.15) is 0 Å². The number of allylic oxidation sites excluding steroid dienone is 7. The van der Waals surface area contributed by atoms with Gasteiger partial charge in [0, 0.05) is 30.7 Å². The molecule has 4 aliphatic rings. The summed E-state index contributed by atoms with van der Waals surface area (Å²) >= 11 is 0. The zero-order valence-electron chi connectivity index (χ0n) is 23.0. The Labute approximate surface area is 225 Å². The van der Waals surface area contributed by atoms with Crippen LogP contribution < -0.4 is 0 Å². The Morgan fingerprint density at radius 1 is 1.08 bits per heavy atom. The fraction of sp³-hybridized carbons (Fsp3) is 0.452. The Bertz CT molecular complexity index is 1310. The summed E-state index contributed by atoms with van der Waals surface area (Å²) in [5.41, 5.74) is 9.54. The molecule has 5 rings (SSSR count). The molecule has 0 fully saturated rings. The first-order chi connectivity index (χ1) is 18.3. The van der Waals surface area contributed by atoms with Crippen LogP contribution in [0.4, 0.5) is 0 Å². The third-order valence-electron chi connectivity index (χ3n) is 7.84. The minimum atomic E-state index is 0.0648. The fourth-order valence-electron chi connectivity index (χ4n) is 5.49. The maximum Gasteiger partial charge on any atom is 0.254 e. The summed E-state index contributed by atoms with van der Waals surface area (Å²) in [6.45, 7) is 7.13. The van der Waals surface area contributed by atoms with E-state index in [4.69, 9.17) is 9.72 Å². The fourth-order valence-corrected chi connectivity index (χ4v) is 5.49. The summed E-state index contributed by atoms with van der Waals surface area (Å²) in [7, 11) is 3.84. The lowest BCUT2D eigenvalue weighted by atomic mass is 9.88. The monoisotopic (exact) mass is 514 g/mol. The largest absolute Gasteiger partial charge is 0.375 e. The molecule has 3 heterocycles. The Balaban J connectivity index is 1.31. The van der Waals surface area contributed by atoms with Gasteiger partial charge < -0.3 is 19.5 Å². The number of fused-ring (bicyclic) bond motifs is 1. The van der Waals surface area contributed by atoms with E-state index in [1.54, 1.807) is 0 Å². The van der Waals surface area contributed by atoms with Crippen LogP contribution in [0.5, 0.6) is 0 Å². The first-order valence-electron chi connectivity index (χ1n) is 13.6. The average molecular weight is 515 g/mol. The SMILES string of the molecule is CC1=CCC(C)=C(c2nc3c([nH]2)COCC3)C=C1C(=O)N1CC=C(C2=CC=C(C(=O)CN(C)C)CC2)CC1. The van der Waals surface area contributed by atoms with Gasteiger partial charge in [0.05, 0.1) is 31.1 Å². The summed E-state index contributed by atoms with van der Waals surface area (Å²) in [5, 5.41) is 0. The normalized spacial score (nSPS) is 20.2. The highest BCUT2D eigenvalue weighted by Crippen LogP contribution is 2.32. The number of imidazole rings is 1. The van der Waals surface area contributed by atoms with Gasteiger partial charge in [-0.1, -0.05) is 29.9 Å². The van der Waals surface area contributed by atoms with Gasteiger partial charge in [0.2, 0.25) is 0 Å². The molecule has 1 aromatic heterocycles. The van der Waals surface area contributed by atoms with Crippen LogP contribution in [-0.2, 0) is 27.4 Å². The molecule has 0 saturated carbocycles. The number of aromatic nitrogens is 2. The lowest BCUT2D eigenvalue weighted by Gasteiger charge is -2.29. The van der Waals surface area contributed by atoms with Crippen molar-refractivity contribution in [3.63, 3.8) is 0 Å². The molecule has 0 atom stereocenters. The Kier molecular flexibility index (Phi) is 7.77. The van der Waals surface area contributed by atoms with Gasteiger partial charge in [-0.05, 0) is 82.0 Å². The van der Waals surface area contributed by atoms with Crippen molar-refractivity contribution >= 4 is 17.3 Å². The first-order valence-corrected chi connectivity index (χ1v) is 13.6. The number of amides is 1. The van der Waals surface area contributed by atoms with Crippen molar-refractivity contribution in [2.45, 2.75) is 52.6 Å². The molecule has 7 nitrogen and oxygen atoms in total. The van der Waals surface area contributed by atoms with E-state index in [0.29, 0.717) is 32.8 Å². The number of H-pyrrole nitrogens is 1. The standard InChI is InChI=1S/C31H38N4O3/c1-20-5-6-21(2)26(17-25(20)30-32-27-13-16-38-19-28(27)33-30)31(37)35-14-11-23(12-15-35)22-7-9-24(10-8-22)29(36)18-34(3)4/h6-7,9,11,17H,5,8,10,12-16,18-19H2,1-4H3,(H,32,33). The van der Waals surface area contributed by atoms with Crippen LogP contribution in [0.2, 0.25) is 0 Å². The molecular weight excluding hydrogens is 476 g/mol. The molecule has 0 aromatic carbocycles. The Morgan fingerprint density at radius 2 is 1.92 bits per heavy atom. The van der Waals surface area contributed by atoms with E-state index in [9.17, 15) is 9.59 Å². The highest BCUT2D eigenvalue weighted by molar-refractivity contribution is 6.01. The number of ketones is 1. The zero-order chi connectivity index (χ0) is 26.8. The van der Waals surface area contributed by atoms with E-state index >= 15 is 0 Å². The summed E-state index contributed by atoms with van der Waals surface area (Å²) < 4.78 is 5.58. The van der Waals surface area contributed by atoms with Crippen LogP contribution >= 0.6 is 0 Å². The van der Waals surface area contributed by atoms with E-state index in [-0.39, 0.29) is 11.7 Å². The highest BCUT2D eigenvalue weighted by atomic mass is 16.5. The van der Waals surface area contributed by atoms with Gasteiger partial charge in [0.15, 0.2) is 5.78 Å². The number of hydrogen-bond acceptors (Lipinski definition) is 5. The molecule has 38 heavy (non-hydrogen) atoms. The van der Waals surface area contributed by atoms with Crippen LogP contribution in [0.1, 0.15) is 56.7 Å². The van der Waals surface area contributed by atoms with Crippen molar-refractivity contribution < 1.29 is 14.3 Å². The number of Topliss-reactive ketones (excluding diaryl/α,β-unsaturated/α-hetero) is 1. The third-order valence-corrected chi connectivity index (χ3v) is 7.84. The van der Waals surface area contributed by atoms with Gasteiger partial charge in [-0.25, -0.2) is 4.98 Å². The quantitative estimate of drug-likeness (QED) is 0.606. The zero-order valence-corrected chi connectivity index (χ0v) is 23.0. The van der Waals surface area contributed by atoms with Gasteiger partial charge in [0.1, 0.15) is 5.82 Å². The second-order valence-corrected chi connectivity index (χ2v) is 10.9. The first kappa shape index (κ1) is 26.3. The Hall–Kier alpha value is -3.29. The summed E-state index contributed by atoms with van der Waals surface area (Å²) in [4.78, 5) is 38.3. The molecule has 2 aliphatic heterocycles. The molecule has 0 saturated heterocycles. The van der Waals surface area contributed by atoms with Crippen LogP contribution in [0, 0.1) is 0 Å². The Morgan fingerprint density at radius 3 is 2.61 bits per heavy atom. The number of nitrogens with zero attached hydrogens (tertiary/aromatic N) is 3. The minimum absolute atomic E-state index is 0.0648.